The number of rotatable bonds is 7. The third-order valence-corrected chi connectivity index (χ3v) is 3.44. The van der Waals surface area contributed by atoms with Gasteiger partial charge in [0, 0.05) is 5.69 Å². The topological polar surface area (TPSA) is 41.1 Å². The third-order valence-electron chi connectivity index (χ3n) is 3.15. The van der Waals surface area contributed by atoms with Crippen LogP contribution >= 0.6 is 11.6 Å². The van der Waals surface area contributed by atoms with Gasteiger partial charge in [-0.1, -0.05) is 41.9 Å². The predicted octanol–water partition coefficient (Wildman–Crippen LogP) is 3.64. The highest BCUT2D eigenvalue weighted by molar-refractivity contribution is 6.31. The van der Waals surface area contributed by atoms with Gasteiger partial charge in [-0.15, -0.1) is 0 Å². The van der Waals surface area contributed by atoms with Gasteiger partial charge in [-0.3, -0.25) is 4.79 Å². The van der Waals surface area contributed by atoms with Gasteiger partial charge in [-0.05, 0) is 43.1 Å². The van der Waals surface area contributed by atoms with E-state index in [1.54, 1.807) is 0 Å². The molecule has 2 aromatic carbocycles. The molecule has 0 atom stereocenters. The molecule has 0 radical (unpaired) electrons. The lowest BCUT2D eigenvalue weighted by Crippen LogP contribution is -2.29. The van der Waals surface area contributed by atoms with Crippen LogP contribution in [0.15, 0.2) is 48.5 Å². The first-order valence-electron chi connectivity index (χ1n) is 7.15. The molecule has 5 heteroatoms. The molecule has 2 rings (SSSR count). The molecule has 1 amide bonds. The highest BCUT2D eigenvalue weighted by Gasteiger charge is 2.04. The maximum Gasteiger partial charge on any atom is 0.238 e. The van der Waals surface area contributed by atoms with Crippen LogP contribution in [0, 0.1) is 5.82 Å². The van der Waals surface area contributed by atoms with E-state index < -0.39 is 5.82 Å². The van der Waals surface area contributed by atoms with Gasteiger partial charge < -0.3 is 10.6 Å². The summed E-state index contributed by atoms with van der Waals surface area (Å²) >= 11 is 5.66. The Kier molecular flexibility index (Phi) is 6.37. The molecular formula is C17H18ClFN2O. The molecule has 0 saturated heterocycles. The Morgan fingerprint density at radius 3 is 2.64 bits per heavy atom. The minimum absolute atomic E-state index is 0.00591. The van der Waals surface area contributed by atoms with Gasteiger partial charge in [-0.2, -0.15) is 0 Å². The van der Waals surface area contributed by atoms with E-state index in [1.165, 1.54) is 23.8 Å². The average Bonchev–Trinajstić information content (AvgIpc) is 2.52. The number of carbonyl (C=O) groups excluding carboxylic acids is 1. The first kappa shape index (κ1) is 16.5. The van der Waals surface area contributed by atoms with Crippen molar-refractivity contribution < 1.29 is 9.18 Å². The van der Waals surface area contributed by atoms with Gasteiger partial charge in [0.05, 0.1) is 11.6 Å². The van der Waals surface area contributed by atoms with Crippen LogP contribution in [0.5, 0.6) is 0 Å². The molecule has 0 aliphatic rings. The quantitative estimate of drug-likeness (QED) is 0.765. The van der Waals surface area contributed by atoms with Crippen LogP contribution in [0.3, 0.4) is 0 Å². The Balaban J connectivity index is 1.64. The van der Waals surface area contributed by atoms with E-state index in [4.69, 9.17) is 11.6 Å². The number of hydrogen-bond donors (Lipinski definition) is 2. The van der Waals surface area contributed by atoms with Gasteiger partial charge in [-0.25, -0.2) is 4.39 Å². The van der Waals surface area contributed by atoms with Crippen LogP contribution in [0.4, 0.5) is 10.1 Å². The normalized spacial score (nSPS) is 10.5. The van der Waals surface area contributed by atoms with E-state index in [9.17, 15) is 9.18 Å². The first-order valence-corrected chi connectivity index (χ1v) is 7.52. The maximum absolute atomic E-state index is 13.0. The Labute approximate surface area is 134 Å². The van der Waals surface area contributed by atoms with Gasteiger partial charge >= 0.3 is 0 Å². The zero-order valence-electron chi connectivity index (χ0n) is 12.1. The summed E-state index contributed by atoms with van der Waals surface area (Å²) in [6, 6.07) is 14.3. The van der Waals surface area contributed by atoms with E-state index in [1.807, 2.05) is 18.2 Å². The van der Waals surface area contributed by atoms with Crippen molar-refractivity contribution in [2.45, 2.75) is 12.8 Å². The number of aryl methyl sites for hydroxylation is 1. The van der Waals surface area contributed by atoms with Crippen molar-refractivity contribution in [3.63, 3.8) is 0 Å². The molecule has 22 heavy (non-hydrogen) atoms. The largest absolute Gasteiger partial charge is 0.325 e. The van der Waals surface area contributed by atoms with Crippen molar-refractivity contribution >= 4 is 23.2 Å². The summed E-state index contributed by atoms with van der Waals surface area (Å²) in [7, 11) is 0. The fraction of sp³-hybridized carbons (Fsp3) is 0.235. The van der Waals surface area contributed by atoms with Crippen LogP contribution in [0.2, 0.25) is 5.02 Å². The number of halogens is 2. The predicted molar refractivity (Wildman–Crippen MR) is 87.7 cm³/mol. The number of amides is 1. The Morgan fingerprint density at radius 1 is 1.14 bits per heavy atom. The minimum atomic E-state index is -0.501. The molecule has 2 N–H and O–H groups in total. The number of anilines is 1. The molecule has 0 aliphatic carbocycles. The lowest BCUT2D eigenvalue weighted by molar-refractivity contribution is -0.115. The molecule has 0 fully saturated rings. The second-order valence-electron chi connectivity index (χ2n) is 4.94. The molecule has 0 heterocycles. The molecule has 0 spiro atoms. The van der Waals surface area contributed by atoms with Crippen LogP contribution in [0.25, 0.3) is 0 Å². The monoisotopic (exact) mass is 320 g/mol. The lowest BCUT2D eigenvalue weighted by atomic mass is 10.1. The summed E-state index contributed by atoms with van der Waals surface area (Å²) in [5, 5.41) is 5.74. The molecule has 0 bridgehead atoms. The third kappa shape index (κ3) is 5.47. The van der Waals surface area contributed by atoms with Gasteiger partial charge in [0.25, 0.3) is 0 Å². The highest BCUT2D eigenvalue weighted by atomic mass is 35.5. The summed E-state index contributed by atoms with van der Waals surface area (Å²) in [4.78, 5) is 11.7. The van der Waals surface area contributed by atoms with Crippen molar-refractivity contribution in [1.82, 2.24) is 5.32 Å². The summed E-state index contributed by atoms with van der Waals surface area (Å²) in [5.41, 5.74) is 1.78. The summed E-state index contributed by atoms with van der Waals surface area (Å²) in [6.07, 6.45) is 1.93. The minimum Gasteiger partial charge on any atom is -0.325 e. The molecule has 3 nitrogen and oxygen atoms in total. The van der Waals surface area contributed by atoms with Crippen molar-refractivity contribution in [3.05, 3.63) is 64.9 Å². The second kappa shape index (κ2) is 8.51. The SMILES string of the molecule is O=C(CNCCCc1ccccc1)Nc1ccc(F)c(Cl)c1. The smallest absolute Gasteiger partial charge is 0.238 e. The van der Waals surface area contributed by atoms with Crippen molar-refractivity contribution in [3.8, 4) is 0 Å². The number of hydrogen-bond acceptors (Lipinski definition) is 2. The number of carbonyl (C=O) groups is 1. The Morgan fingerprint density at radius 2 is 1.91 bits per heavy atom. The van der Waals surface area contributed by atoms with Gasteiger partial charge in [0.15, 0.2) is 0 Å². The van der Waals surface area contributed by atoms with Crippen molar-refractivity contribution in [2.24, 2.45) is 0 Å². The Bertz CT molecular complexity index is 619. The molecule has 2 aromatic rings. The van der Waals surface area contributed by atoms with Crippen LogP contribution in [-0.4, -0.2) is 19.0 Å². The van der Waals surface area contributed by atoms with Gasteiger partial charge in [0.1, 0.15) is 5.82 Å². The van der Waals surface area contributed by atoms with E-state index in [0.29, 0.717) is 5.69 Å². The average molecular weight is 321 g/mol. The number of benzene rings is 2. The van der Waals surface area contributed by atoms with Crippen LogP contribution in [-0.2, 0) is 11.2 Å². The summed E-state index contributed by atoms with van der Waals surface area (Å²) in [6.45, 7) is 0.969. The van der Waals surface area contributed by atoms with E-state index >= 15 is 0 Å². The molecule has 0 unspecified atom stereocenters. The molecular weight excluding hydrogens is 303 g/mol. The Hall–Kier alpha value is -1.91. The standard InChI is InChI=1S/C17H18ClFN2O/c18-15-11-14(8-9-16(15)19)21-17(22)12-20-10-4-7-13-5-2-1-3-6-13/h1-3,5-6,8-9,11,20H,4,7,10,12H2,(H,21,22). The fourth-order valence-electron chi connectivity index (χ4n) is 2.04. The highest BCUT2D eigenvalue weighted by Crippen LogP contribution is 2.19. The first-order chi connectivity index (χ1) is 10.6. The van der Waals surface area contributed by atoms with Gasteiger partial charge in [0.2, 0.25) is 5.91 Å². The maximum atomic E-state index is 13.0. The van der Waals surface area contributed by atoms with Crippen molar-refractivity contribution in [2.75, 3.05) is 18.4 Å². The summed E-state index contributed by atoms with van der Waals surface area (Å²) in [5.74, 6) is -0.680. The number of nitrogens with one attached hydrogen (secondary N) is 2. The van der Waals surface area contributed by atoms with Crippen LogP contribution < -0.4 is 10.6 Å². The van der Waals surface area contributed by atoms with E-state index in [2.05, 4.69) is 22.8 Å². The second-order valence-corrected chi connectivity index (χ2v) is 5.35. The van der Waals surface area contributed by atoms with E-state index in [0.717, 1.165) is 19.4 Å². The van der Waals surface area contributed by atoms with Crippen LogP contribution in [0.1, 0.15) is 12.0 Å². The van der Waals surface area contributed by atoms with E-state index in [-0.39, 0.29) is 17.5 Å². The lowest BCUT2D eigenvalue weighted by Gasteiger charge is -2.07. The molecule has 116 valence electrons. The fourth-order valence-corrected chi connectivity index (χ4v) is 2.22. The molecule has 0 aromatic heterocycles. The summed E-state index contributed by atoms with van der Waals surface area (Å²) < 4.78 is 13.0. The molecule has 0 saturated carbocycles. The zero-order chi connectivity index (χ0) is 15.8. The molecule has 0 aliphatic heterocycles. The van der Waals surface area contributed by atoms with Crippen molar-refractivity contribution in [1.29, 1.82) is 0 Å². The zero-order valence-corrected chi connectivity index (χ0v) is 12.9.